The minimum atomic E-state index is -0.264. The molecule has 8 bridgehead atoms. The maximum absolute atomic E-state index is 12.8. The van der Waals surface area contributed by atoms with Gasteiger partial charge in [-0.3, -0.25) is 0 Å². The molecule has 0 aliphatic carbocycles. The molecule has 7 nitrogen and oxygen atoms in total. The molecule has 43 heavy (non-hydrogen) atoms. The number of nitro groups is 1. The van der Waals surface area contributed by atoms with Crippen molar-refractivity contribution in [2.75, 3.05) is 0 Å². The van der Waals surface area contributed by atoms with Gasteiger partial charge in [-0.25, -0.2) is 20.1 Å². The summed E-state index contributed by atoms with van der Waals surface area (Å²) in [7, 11) is 0. The lowest BCUT2D eigenvalue weighted by Gasteiger charge is -2.04. The Kier molecular flexibility index (Phi) is 8.72. The molecule has 2 aliphatic rings. The molecule has 0 fully saturated rings. The fourth-order valence-electron chi connectivity index (χ4n) is 7.37. The molecule has 3 aromatic heterocycles. The van der Waals surface area contributed by atoms with Crippen LogP contribution in [0.25, 0.3) is 44.4 Å². The molecule has 0 aromatic carbocycles. The van der Waals surface area contributed by atoms with Gasteiger partial charge in [0.05, 0.1) is 22.8 Å². The second-order valence-electron chi connectivity index (χ2n) is 11.3. The molecular formula is C36H45N5O2. The molecule has 0 atom stereocenters. The van der Waals surface area contributed by atoms with Gasteiger partial charge in [-0.2, -0.15) is 0 Å². The third-order valence-electron chi connectivity index (χ3n) is 9.27. The van der Waals surface area contributed by atoms with Crippen LogP contribution in [0.15, 0.2) is 24.3 Å². The first kappa shape index (κ1) is 30.5. The smallest absolute Gasteiger partial charge is 0.170 e. The van der Waals surface area contributed by atoms with Gasteiger partial charge in [-0.05, 0) is 120 Å². The molecule has 1 N–H and O–H groups in total. The Balaban J connectivity index is 2.11. The lowest BCUT2D eigenvalue weighted by molar-refractivity contribution is -0.533. The highest BCUT2D eigenvalue weighted by Gasteiger charge is 2.25. The molecule has 2 aliphatic heterocycles. The molecular weight excluding hydrogens is 534 g/mol. The molecule has 0 radical (unpaired) electrons. The van der Waals surface area contributed by atoms with Crippen LogP contribution in [-0.2, 0) is 25.7 Å². The molecule has 0 saturated carbocycles. The van der Waals surface area contributed by atoms with E-state index in [0.717, 1.165) is 89.0 Å². The van der Waals surface area contributed by atoms with Crippen LogP contribution in [0.3, 0.4) is 0 Å². The van der Waals surface area contributed by atoms with E-state index in [1.165, 1.54) is 32.5 Å². The number of aromatic nitrogens is 4. The predicted molar refractivity (Wildman–Crippen MR) is 179 cm³/mol. The summed E-state index contributed by atoms with van der Waals surface area (Å²) < 4.78 is 1.30. The van der Waals surface area contributed by atoms with E-state index in [2.05, 4.69) is 72.5 Å². The van der Waals surface area contributed by atoms with Gasteiger partial charge in [0.15, 0.2) is 5.03 Å². The van der Waals surface area contributed by atoms with Gasteiger partial charge in [-0.1, -0.05) is 60.1 Å². The Morgan fingerprint density at radius 2 is 0.930 bits per heavy atom. The minimum Gasteiger partial charge on any atom is -0.355 e. The second-order valence-corrected chi connectivity index (χ2v) is 11.3. The highest BCUT2D eigenvalue weighted by atomic mass is 16.7. The third-order valence-corrected chi connectivity index (χ3v) is 9.27. The van der Waals surface area contributed by atoms with E-state index in [1.54, 1.807) is 0 Å². The van der Waals surface area contributed by atoms with Crippen LogP contribution < -0.4 is 0 Å². The van der Waals surface area contributed by atoms with Crippen molar-refractivity contribution in [3.8, 4) is 0 Å². The van der Waals surface area contributed by atoms with Crippen LogP contribution in [0.1, 0.15) is 126 Å². The maximum Gasteiger partial charge on any atom is 0.170 e. The van der Waals surface area contributed by atoms with Crippen molar-refractivity contribution in [2.24, 2.45) is 0 Å². The summed E-state index contributed by atoms with van der Waals surface area (Å²) in [4.78, 5) is 26.9. The van der Waals surface area contributed by atoms with Crippen molar-refractivity contribution >= 4 is 44.4 Å². The van der Waals surface area contributed by atoms with E-state index in [-0.39, 0.29) is 5.03 Å². The summed E-state index contributed by atoms with van der Waals surface area (Å²) in [6, 6.07) is 8.33. The molecule has 3 aromatic rings. The number of aromatic amines is 1. The molecule has 5 heterocycles. The van der Waals surface area contributed by atoms with Crippen LogP contribution >= 0.6 is 0 Å². The van der Waals surface area contributed by atoms with Crippen LogP contribution in [0, 0.1) is 10.1 Å². The summed E-state index contributed by atoms with van der Waals surface area (Å²) in [6.07, 6.45) is 6.50. The van der Waals surface area contributed by atoms with Crippen LogP contribution in [0.5, 0.6) is 0 Å². The van der Waals surface area contributed by atoms with Crippen molar-refractivity contribution in [1.82, 2.24) is 19.6 Å². The number of rotatable bonds is 9. The highest BCUT2D eigenvalue weighted by molar-refractivity contribution is 5.96. The third kappa shape index (κ3) is 4.92. The van der Waals surface area contributed by atoms with E-state index < -0.39 is 0 Å². The molecule has 0 saturated heterocycles. The molecule has 7 heteroatoms. The molecule has 0 spiro atoms. The summed E-state index contributed by atoms with van der Waals surface area (Å²) in [5.74, 6) is 0. The van der Waals surface area contributed by atoms with Crippen molar-refractivity contribution in [3.63, 3.8) is 0 Å². The first-order valence-electron chi connectivity index (χ1n) is 16.2. The number of nitrogens with one attached hydrogen (secondary N) is 1. The van der Waals surface area contributed by atoms with Gasteiger partial charge in [0.25, 0.3) is 0 Å². The first-order chi connectivity index (χ1) is 20.8. The van der Waals surface area contributed by atoms with Gasteiger partial charge < -0.3 is 4.98 Å². The average Bonchev–Trinajstić information content (AvgIpc) is 3.70. The normalized spacial score (nSPS) is 13.4. The van der Waals surface area contributed by atoms with E-state index in [9.17, 15) is 10.1 Å². The Hall–Kier alpha value is -4.00. The van der Waals surface area contributed by atoms with E-state index >= 15 is 0 Å². The zero-order valence-electron chi connectivity index (χ0n) is 27.1. The average molecular weight is 580 g/mol. The van der Waals surface area contributed by atoms with Crippen molar-refractivity contribution in [1.29, 1.82) is 0 Å². The quantitative estimate of drug-likeness (QED) is 0.202. The molecule has 5 rings (SSSR count). The van der Waals surface area contributed by atoms with Crippen LogP contribution in [0.2, 0.25) is 0 Å². The van der Waals surface area contributed by atoms with E-state index in [1.807, 2.05) is 12.1 Å². The minimum absolute atomic E-state index is 0.264. The van der Waals surface area contributed by atoms with Gasteiger partial charge in [-0.15, -0.1) is 0 Å². The summed E-state index contributed by atoms with van der Waals surface area (Å²) >= 11 is 0. The van der Waals surface area contributed by atoms with Crippen LogP contribution in [0.4, 0.5) is 0 Å². The summed E-state index contributed by atoms with van der Waals surface area (Å²) in [6.45, 7) is 17.2. The number of allylic oxidation sites excluding steroid dienone is 4. The standard InChI is InChI=1S/C36H45N5O2/c1-9-21-22(10-2)30-18-32-24(12-4)26(14-6)34(39-32)20-36-28(16-8)27(15-7)35(40(36)41(42)43)19-33-25(13-5)23(11-3)31(38-33)17-29(21)37-30/h17-20,38H,9-16H2,1-8H3. The zero-order valence-corrected chi connectivity index (χ0v) is 27.1. The SMILES string of the molecule is CCC1=C(CC)c2cc3[nH]c(cc4c(CC)c(CC)c(cc5nc(cc1n2)C(CC)=C5CC)n4[N+](=O)[O-])c(CC)c3CC. The lowest BCUT2D eigenvalue weighted by atomic mass is 9.97. The number of aryl methyl sites for hydroxylation is 4. The van der Waals surface area contributed by atoms with E-state index in [0.29, 0.717) is 23.9 Å². The number of hydrogen-bond acceptors (Lipinski definition) is 4. The Labute approximate surface area is 254 Å². The number of nitrogens with zero attached hydrogens (tertiary/aromatic N) is 4. The molecule has 226 valence electrons. The Bertz CT molecular complexity index is 1830. The van der Waals surface area contributed by atoms with Crippen molar-refractivity contribution < 1.29 is 5.03 Å². The number of fused-ring (bicyclic) bond motifs is 8. The maximum atomic E-state index is 12.8. The summed E-state index contributed by atoms with van der Waals surface area (Å²) in [5, 5.41) is 12.6. The van der Waals surface area contributed by atoms with Gasteiger partial charge in [0, 0.05) is 11.0 Å². The van der Waals surface area contributed by atoms with Crippen LogP contribution in [-0.4, -0.2) is 24.7 Å². The molecule has 0 amide bonds. The largest absolute Gasteiger partial charge is 0.355 e. The fraction of sp³-hybridized carbons (Fsp3) is 0.444. The van der Waals surface area contributed by atoms with Crippen molar-refractivity contribution in [3.05, 3.63) is 79.4 Å². The monoisotopic (exact) mass is 579 g/mol. The van der Waals surface area contributed by atoms with Gasteiger partial charge in [0.1, 0.15) is 11.0 Å². The Morgan fingerprint density at radius 3 is 1.33 bits per heavy atom. The second kappa shape index (κ2) is 12.3. The Morgan fingerprint density at radius 1 is 0.558 bits per heavy atom. The van der Waals surface area contributed by atoms with Gasteiger partial charge >= 0.3 is 0 Å². The molecule has 0 unspecified atom stereocenters. The van der Waals surface area contributed by atoms with Crippen molar-refractivity contribution in [2.45, 2.75) is 107 Å². The predicted octanol–water partition coefficient (Wildman–Crippen LogP) is 9.54. The number of H-pyrrole nitrogens is 1. The zero-order chi connectivity index (χ0) is 31.0. The highest BCUT2D eigenvalue weighted by Crippen LogP contribution is 2.39. The van der Waals surface area contributed by atoms with E-state index in [4.69, 9.17) is 9.97 Å². The first-order valence-corrected chi connectivity index (χ1v) is 16.2. The lowest BCUT2D eigenvalue weighted by Crippen LogP contribution is -2.08. The summed E-state index contributed by atoms with van der Waals surface area (Å²) in [5.41, 5.74) is 16.3. The number of hydrogen-bond donors (Lipinski definition) is 1. The fourth-order valence-corrected chi connectivity index (χ4v) is 7.37. The topological polar surface area (TPSA) is 89.6 Å². The van der Waals surface area contributed by atoms with Gasteiger partial charge in [0.2, 0.25) is 0 Å².